The number of rotatable bonds is 3. The number of halogens is 1. The smallest absolute Gasteiger partial charge is 0.230 e. The number of amides is 2. The Bertz CT molecular complexity index is 602. The summed E-state index contributed by atoms with van der Waals surface area (Å²) >= 11 is 6.63. The van der Waals surface area contributed by atoms with Gasteiger partial charge >= 0.3 is 0 Å². The zero-order valence-corrected chi connectivity index (χ0v) is 16.2. The Labute approximate surface area is 155 Å². The molecule has 0 radical (unpaired) electrons. The van der Waals surface area contributed by atoms with Gasteiger partial charge < -0.3 is 5.11 Å². The van der Waals surface area contributed by atoms with Gasteiger partial charge in [0, 0.05) is 17.7 Å². The van der Waals surface area contributed by atoms with E-state index in [1.54, 1.807) is 0 Å². The Morgan fingerprint density at radius 1 is 1.24 bits per heavy atom. The highest BCUT2D eigenvalue weighted by Crippen LogP contribution is 2.62. The molecule has 2 saturated carbocycles. The molecule has 0 aromatic heterocycles. The number of hydrogen-bond donors (Lipinski definition) is 2. The van der Waals surface area contributed by atoms with E-state index in [0.29, 0.717) is 12.3 Å². The molecule has 5 heteroatoms. The van der Waals surface area contributed by atoms with Gasteiger partial charge in [-0.15, -0.1) is 11.6 Å². The molecule has 6 atom stereocenters. The maximum atomic E-state index is 11.9. The molecule has 0 bridgehead atoms. The molecule has 2 N–H and O–H groups in total. The predicted molar refractivity (Wildman–Crippen MR) is 98.0 cm³/mol. The van der Waals surface area contributed by atoms with E-state index in [1.807, 2.05) is 0 Å². The lowest BCUT2D eigenvalue weighted by atomic mass is 9.46. The van der Waals surface area contributed by atoms with Crippen LogP contribution in [-0.4, -0.2) is 28.4 Å². The van der Waals surface area contributed by atoms with Crippen molar-refractivity contribution in [3.63, 3.8) is 0 Å². The zero-order valence-electron chi connectivity index (χ0n) is 15.5. The van der Waals surface area contributed by atoms with Gasteiger partial charge in [-0.1, -0.05) is 27.4 Å². The third-order valence-corrected chi connectivity index (χ3v) is 7.46. The summed E-state index contributed by atoms with van der Waals surface area (Å²) in [7, 11) is 0. The number of carbonyl (C=O) groups is 2. The number of nitrogens with one attached hydrogen (secondary N) is 1. The molecule has 0 spiro atoms. The van der Waals surface area contributed by atoms with Crippen LogP contribution in [0.15, 0.2) is 12.2 Å². The molecule has 3 rings (SSSR count). The van der Waals surface area contributed by atoms with Gasteiger partial charge in [-0.2, -0.15) is 0 Å². The lowest BCUT2D eigenvalue weighted by Gasteiger charge is -2.60. The van der Waals surface area contributed by atoms with Gasteiger partial charge in [-0.05, 0) is 60.3 Å². The summed E-state index contributed by atoms with van der Waals surface area (Å²) in [6.07, 6.45) is 3.83. The maximum Gasteiger partial charge on any atom is 0.230 e. The zero-order chi connectivity index (χ0) is 18.6. The Morgan fingerprint density at radius 3 is 2.52 bits per heavy atom. The van der Waals surface area contributed by atoms with E-state index < -0.39 is 6.10 Å². The van der Waals surface area contributed by atoms with Gasteiger partial charge in [-0.3, -0.25) is 14.9 Å². The number of alkyl halides is 1. The van der Waals surface area contributed by atoms with E-state index in [1.165, 1.54) is 0 Å². The second-order valence-corrected chi connectivity index (χ2v) is 9.94. The summed E-state index contributed by atoms with van der Waals surface area (Å²) in [5.41, 5.74) is 0.925. The fourth-order valence-electron chi connectivity index (χ4n) is 6.02. The molecule has 2 aliphatic carbocycles. The van der Waals surface area contributed by atoms with Crippen LogP contribution in [0.2, 0.25) is 0 Å². The molecule has 4 nitrogen and oxygen atoms in total. The van der Waals surface area contributed by atoms with Crippen molar-refractivity contribution in [3.05, 3.63) is 12.2 Å². The fraction of sp³-hybridized carbons (Fsp3) is 0.800. The van der Waals surface area contributed by atoms with Gasteiger partial charge in [0.25, 0.3) is 0 Å². The first-order valence-corrected chi connectivity index (χ1v) is 9.83. The quantitative estimate of drug-likeness (QED) is 0.456. The number of fused-ring (bicyclic) bond motifs is 1. The Hall–Kier alpha value is -0.870. The van der Waals surface area contributed by atoms with E-state index in [0.717, 1.165) is 31.3 Å². The lowest BCUT2D eigenvalue weighted by molar-refractivity contribution is -0.126. The van der Waals surface area contributed by atoms with Crippen molar-refractivity contribution in [2.24, 2.45) is 28.6 Å². The topological polar surface area (TPSA) is 66.4 Å². The lowest BCUT2D eigenvalue weighted by Crippen LogP contribution is -2.55. The van der Waals surface area contributed by atoms with E-state index >= 15 is 0 Å². The first-order chi connectivity index (χ1) is 11.5. The van der Waals surface area contributed by atoms with Crippen molar-refractivity contribution in [2.45, 2.75) is 70.8 Å². The summed E-state index contributed by atoms with van der Waals surface area (Å²) in [6.45, 7) is 11.0. The molecule has 0 aromatic rings. The maximum absolute atomic E-state index is 11.9. The summed E-state index contributed by atoms with van der Waals surface area (Å²) in [5.74, 6) is -0.0796. The molecule has 25 heavy (non-hydrogen) atoms. The minimum atomic E-state index is -0.492. The van der Waals surface area contributed by atoms with Crippen LogP contribution in [-0.2, 0) is 9.59 Å². The average Bonchev–Trinajstić information content (AvgIpc) is 2.78. The standard InChI is InChI=1S/C20H30ClNO3/c1-11-14(6-5-12-7-17(24)22-18(12)25)20(4)10-13(21)9-19(2,3)16(20)8-15(11)23/h12-16,23H,1,5-10H2,2-4H3,(H,22,24,25). The summed E-state index contributed by atoms with van der Waals surface area (Å²) in [5, 5.41) is 13.1. The van der Waals surface area contributed by atoms with Crippen LogP contribution in [0.4, 0.5) is 0 Å². The highest BCUT2D eigenvalue weighted by molar-refractivity contribution is 6.20. The van der Waals surface area contributed by atoms with Crippen LogP contribution in [0.1, 0.15) is 59.3 Å². The van der Waals surface area contributed by atoms with Crippen LogP contribution in [0.5, 0.6) is 0 Å². The molecule has 1 heterocycles. The highest BCUT2D eigenvalue weighted by atomic mass is 35.5. The Morgan fingerprint density at radius 2 is 1.92 bits per heavy atom. The first-order valence-electron chi connectivity index (χ1n) is 9.39. The third-order valence-electron chi connectivity index (χ3n) is 7.15. The van der Waals surface area contributed by atoms with Crippen LogP contribution in [0.3, 0.4) is 0 Å². The monoisotopic (exact) mass is 367 g/mol. The molecule has 140 valence electrons. The average molecular weight is 368 g/mol. The predicted octanol–water partition coefficient (Wildman–Crippen LogP) is 3.42. The summed E-state index contributed by atoms with van der Waals surface area (Å²) in [4.78, 5) is 23.3. The highest BCUT2D eigenvalue weighted by Gasteiger charge is 2.56. The molecule has 6 unspecified atom stereocenters. The number of carbonyl (C=O) groups excluding carboxylic acids is 2. The van der Waals surface area contributed by atoms with Crippen molar-refractivity contribution in [1.82, 2.24) is 5.32 Å². The largest absolute Gasteiger partial charge is 0.389 e. The SMILES string of the molecule is C=C1C(O)CC2C(C)(C)CC(Cl)CC2(C)C1CCC1CC(=O)NC1=O. The summed E-state index contributed by atoms with van der Waals surface area (Å²) < 4.78 is 0. The van der Waals surface area contributed by atoms with Crippen LogP contribution >= 0.6 is 11.6 Å². The minimum Gasteiger partial charge on any atom is -0.389 e. The molecule has 1 aliphatic heterocycles. The van der Waals surface area contributed by atoms with E-state index in [-0.39, 0.29) is 46.3 Å². The van der Waals surface area contributed by atoms with E-state index in [4.69, 9.17) is 11.6 Å². The van der Waals surface area contributed by atoms with Gasteiger partial charge in [0.1, 0.15) is 0 Å². The molecule has 0 aromatic carbocycles. The number of hydrogen-bond acceptors (Lipinski definition) is 3. The molecule has 2 amide bonds. The number of aliphatic hydroxyl groups is 1. The Balaban J connectivity index is 1.83. The molecule has 1 saturated heterocycles. The normalized spacial score (nSPS) is 43.7. The van der Waals surface area contributed by atoms with Gasteiger partial charge in [0.2, 0.25) is 11.8 Å². The van der Waals surface area contributed by atoms with Gasteiger partial charge in [0.05, 0.1) is 6.10 Å². The molecule has 3 aliphatic rings. The minimum absolute atomic E-state index is 0.0242. The molecule has 3 fully saturated rings. The van der Waals surface area contributed by atoms with Crippen LogP contribution in [0, 0.1) is 28.6 Å². The third kappa shape index (κ3) is 3.28. The van der Waals surface area contributed by atoms with Crippen molar-refractivity contribution >= 4 is 23.4 Å². The Kier molecular flexibility index (Phi) is 4.83. The molecular formula is C20H30ClNO3. The first kappa shape index (κ1) is 18.9. The van der Waals surface area contributed by atoms with Crippen molar-refractivity contribution < 1.29 is 14.7 Å². The second-order valence-electron chi connectivity index (χ2n) is 9.32. The fourth-order valence-corrected chi connectivity index (χ4v) is 6.75. The van der Waals surface area contributed by atoms with Crippen molar-refractivity contribution in [3.8, 4) is 0 Å². The van der Waals surface area contributed by atoms with E-state index in [2.05, 4.69) is 32.7 Å². The van der Waals surface area contributed by atoms with Gasteiger partial charge in [-0.25, -0.2) is 0 Å². The van der Waals surface area contributed by atoms with Crippen molar-refractivity contribution in [1.29, 1.82) is 0 Å². The van der Waals surface area contributed by atoms with E-state index in [9.17, 15) is 14.7 Å². The van der Waals surface area contributed by atoms with Crippen LogP contribution in [0.25, 0.3) is 0 Å². The summed E-state index contributed by atoms with van der Waals surface area (Å²) in [6, 6.07) is 0. The van der Waals surface area contributed by atoms with Gasteiger partial charge in [0.15, 0.2) is 0 Å². The molecular weight excluding hydrogens is 338 g/mol. The number of imide groups is 1. The second kappa shape index (κ2) is 6.38. The number of aliphatic hydroxyl groups excluding tert-OH is 1. The van der Waals surface area contributed by atoms with Crippen molar-refractivity contribution in [2.75, 3.05) is 0 Å². The van der Waals surface area contributed by atoms with Crippen LogP contribution < -0.4 is 5.32 Å².